The van der Waals surface area contributed by atoms with Gasteiger partial charge in [-0.05, 0) is 23.1 Å². The van der Waals surface area contributed by atoms with Crippen LogP contribution in [0.25, 0.3) is 0 Å². The first-order valence-corrected chi connectivity index (χ1v) is 10.1. The number of aliphatic hydroxyl groups excluding tert-OH is 1. The quantitative estimate of drug-likeness (QED) is 0.686. The lowest BCUT2D eigenvalue weighted by molar-refractivity contribution is 0.0269. The van der Waals surface area contributed by atoms with Gasteiger partial charge in [0.2, 0.25) is 0 Å². The summed E-state index contributed by atoms with van der Waals surface area (Å²) in [7, 11) is 0. The van der Waals surface area contributed by atoms with Gasteiger partial charge in [-0.3, -0.25) is 4.90 Å². The number of nitrogens with zero attached hydrogens (tertiary/aromatic N) is 1. The normalized spacial score (nSPS) is 20.4. The van der Waals surface area contributed by atoms with Crippen molar-refractivity contribution in [2.45, 2.75) is 31.2 Å². The first-order valence-electron chi connectivity index (χ1n) is 10.1. The summed E-state index contributed by atoms with van der Waals surface area (Å²) >= 11 is 0. The highest BCUT2D eigenvalue weighted by molar-refractivity contribution is 5.32. The number of piperidine rings is 1. The summed E-state index contributed by atoms with van der Waals surface area (Å²) in [6, 6.07) is 31.9. The Kier molecular flexibility index (Phi) is 6.17. The average Bonchev–Trinajstić information content (AvgIpc) is 2.76. The molecule has 4 rings (SSSR count). The lowest BCUT2D eigenvalue weighted by atomic mass is 9.93. The molecule has 0 spiro atoms. The molecule has 2 atom stereocenters. The van der Waals surface area contributed by atoms with Crippen LogP contribution in [0.5, 0.6) is 0 Å². The number of hydrogen-bond donors (Lipinski definition) is 2. The van der Waals surface area contributed by atoms with Gasteiger partial charge in [0.15, 0.2) is 0 Å². The molecule has 1 aliphatic heterocycles. The van der Waals surface area contributed by atoms with Crippen LogP contribution in [0.2, 0.25) is 0 Å². The van der Waals surface area contributed by atoms with Crippen LogP contribution in [0.4, 0.5) is 0 Å². The molecule has 2 N–H and O–H groups in total. The van der Waals surface area contributed by atoms with Crippen molar-refractivity contribution in [2.75, 3.05) is 13.1 Å². The van der Waals surface area contributed by atoms with Crippen LogP contribution in [0.15, 0.2) is 91.0 Å². The van der Waals surface area contributed by atoms with E-state index in [0.717, 1.165) is 19.5 Å². The fraction of sp³-hybridized carbons (Fsp3) is 0.280. The number of aliphatic hydroxyl groups is 1. The maximum Gasteiger partial charge on any atom is 0.0820 e. The molecular formula is C25H28N2O. The highest BCUT2D eigenvalue weighted by Crippen LogP contribution is 2.31. The second-order valence-electron chi connectivity index (χ2n) is 7.55. The van der Waals surface area contributed by atoms with E-state index in [2.05, 4.69) is 95.1 Å². The second-order valence-corrected chi connectivity index (χ2v) is 7.55. The fourth-order valence-electron chi connectivity index (χ4n) is 4.16. The molecule has 1 aliphatic rings. The Morgan fingerprint density at radius 3 is 1.89 bits per heavy atom. The Balaban J connectivity index is 1.46. The third kappa shape index (κ3) is 4.50. The third-order valence-corrected chi connectivity index (χ3v) is 5.62. The van der Waals surface area contributed by atoms with Gasteiger partial charge < -0.3 is 10.4 Å². The molecule has 3 aromatic rings. The van der Waals surface area contributed by atoms with Crippen molar-refractivity contribution in [3.05, 3.63) is 108 Å². The summed E-state index contributed by atoms with van der Waals surface area (Å²) in [4.78, 5) is 2.41. The fourth-order valence-corrected chi connectivity index (χ4v) is 4.16. The van der Waals surface area contributed by atoms with Gasteiger partial charge in [-0.25, -0.2) is 0 Å². The lowest BCUT2D eigenvalue weighted by Gasteiger charge is -2.41. The highest BCUT2D eigenvalue weighted by Gasteiger charge is 2.32. The van der Waals surface area contributed by atoms with E-state index in [0.29, 0.717) is 6.54 Å². The van der Waals surface area contributed by atoms with Crippen molar-refractivity contribution >= 4 is 0 Å². The molecule has 3 aromatic carbocycles. The average molecular weight is 373 g/mol. The molecule has 3 heteroatoms. The zero-order valence-electron chi connectivity index (χ0n) is 16.1. The van der Waals surface area contributed by atoms with E-state index in [4.69, 9.17) is 0 Å². The summed E-state index contributed by atoms with van der Waals surface area (Å²) in [5.41, 5.74) is 3.80. The van der Waals surface area contributed by atoms with E-state index in [1.807, 2.05) is 6.07 Å². The van der Waals surface area contributed by atoms with Gasteiger partial charge in [-0.1, -0.05) is 91.0 Å². The Bertz CT molecular complexity index is 799. The van der Waals surface area contributed by atoms with Gasteiger partial charge in [0.1, 0.15) is 0 Å². The molecule has 3 nitrogen and oxygen atoms in total. The summed E-state index contributed by atoms with van der Waals surface area (Å²) in [5.74, 6) is 0. The van der Waals surface area contributed by atoms with Crippen LogP contribution in [0, 0.1) is 0 Å². The van der Waals surface area contributed by atoms with Gasteiger partial charge in [-0.2, -0.15) is 0 Å². The minimum atomic E-state index is -0.382. The predicted octanol–water partition coefficient (Wildman–Crippen LogP) is 4.00. The molecular weight excluding hydrogens is 344 g/mol. The minimum Gasteiger partial charge on any atom is -0.390 e. The van der Waals surface area contributed by atoms with Crippen LogP contribution in [0.3, 0.4) is 0 Å². The van der Waals surface area contributed by atoms with E-state index in [1.165, 1.54) is 16.7 Å². The molecule has 0 amide bonds. The van der Waals surface area contributed by atoms with Crippen molar-refractivity contribution < 1.29 is 5.11 Å². The molecule has 1 heterocycles. The topological polar surface area (TPSA) is 35.5 Å². The molecule has 0 unspecified atom stereocenters. The van der Waals surface area contributed by atoms with Crippen molar-refractivity contribution in [2.24, 2.45) is 0 Å². The van der Waals surface area contributed by atoms with Crippen LogP contribution in [-0.2, 0) is 6.54 Å². The largest absolute Gasteiger partial charge is 0.390 e. The summed E-state index contributed by atoms with van der Waals surface area (Å²) in [6.45, 7) is 2.42. The SMILES string of the molecule is O[C@H]1CN(C(c2ccccc2)c2ccccc2)CC[C@@H]1NCc1ccccc1. The number of rotatable bonds is 6. The summed E-state index contributed by atoms with van der Waals surface area (Å²) in [5, 5.41) is 14.4. The third-order valence-electron chi connectivity index (χ3n) is 5.62. The van der Waals surface area contributed by atoms with Crippen molar-refractivity contribution in [3.8, 4) is 0 Å². The minimum absolute atomic E-state index is 0.128. The van der Waals surface area contributed by atoms with Gasteiger partial charge >= 0.3 is 0 Å². The number of β-amino-alcohol motifs (C(OH)–C–C–N with tert-alkyl or cyclic N) is 1. The van der Waals surface area contributed by atoms with Crippen LogP contribution in [0.1, 0.15) is 29.2 Å². The second kappa shape index (κ2) is 9.16. The Labute approximate surface area is 167 Å². The van der Waals surface area contributed by atoms with E-state index in [1.54, 1.807) is 0 Å². The van der Waals surface area contributed by atoms with E-state index in [-0.39, 0.29) is 18.2 Å². The lowest BCUT2D eigenvalue weighted by Crippen LogP contribution is -2.53. The van der Waals surface area contributed by atoms with Crippen LogP contribution in [-0.4, -0.2) is 35.2 Å². The number of hydrogen-bond acceptors (Lipinski definition) is 3. The number of benzene rings is 3. The van der Waals surface area contributed by atoms with E-state index >= 15 is 0 Å². The number of likely N-dealkylation sites (tertiary alicyclic amines) is 1. The monoisotopic (exact) mass is 372 g/mol. The molecule has 0 radical (unpaired) electrons. The van der Waals surface area contributed by atoms with Gasteiger partial charge in [0.25, 0.3) is 0 Å². The summed E-state index contributed by atoms with van der Waals surface area (Å²) < 4.78 is 0. The Morgan fingerprint density at radius 2 is 1.36 bits per heavy atom. The zero-order valence-corrected chi connectivity index (χ0v) is 16.1. The smallest absolute Gasteiger partial charge is 0.0820 e. The van der Waals surface area contributed by atoms with Crippen molar-refractivity contribution in [1.82, 2.24) is 10.2 Å². The predicted molar refractivity (Wildman–Crippen MR) is 114 cm³/mol. The first-order chi connectivity index (χ1) is 13.8. The van der Waals surface area contributed by atoms with Crippen molar-refractivity contribution in [3.63, 3.8) is 0 Å². The molecule has 1 fully saturated rings. The zero-order chi connectivity index (χ0) is 19.2. The molecule has 1 saturated heterocycles. The first kappa shape index (κ1) is 18.9. The maximum atomic E-state index is 10.9. The summed E-state index contributed by atoms with van der Waals surface area (Å²) in [6.07, 6.45) is 0.553. The highest BCUT2D eigenvalue weighted by atomic mass is 16.3. The molecule has 28 heavy (non-hydrogen) atoms. The van der Waals surface area contributed by atoms with Crippen LogP contribution < -0.4 is 5.32 Å². The molecule has 0 saturated carbocycles. The van der Waals surface area contributed by atoms with E-state index in [9.17, 15) is 5.11 Å². The number of nitrogens with one attached hydrogen (secondary N) is 1. The molecule has 144 valence electrons. The van der Waals surface area contributed by atoms with Gasteiger partial charge in [-0.15, -0.1) is 0 Å². The van der Waals surface area contributed by atoms with E-state index < -0.39 is 0 Å². The molecule has 0 aromatic heterocycles. The van der Waals surface area contributed by atoms with Crippen LogP contribution >= 0.6 is 0 Å². The Morgan fingerprint density at radius 1 is 0.821 bits per heavy atom. The maximum absolute atomic E-state index is 10.9. The standard InChI is InChI=1S/C25H28N2O/c28-24-19-27(17-16-23(24)26-18-20-10-4-1-5-11-20)25(21-12-6-2-7-13-21)22-14-8-3-9-15-22/h1-15,23-26,28H,16-19H2/t23-,24-/m0/s1. The molecule has 0 aliphatic carbocycles. The van der Waals surface area contributed by atoms with Gasteiger partial charge in [0, 0.05) is 25.7 Å². The Hall–Kier alpha value is -2.46. The molecule has 0 bridgehead atoms. The van der Waals surface area contributed by atoms with Crippen molar-refractivity contribution in [1.29, 1.82) is 0 Å². The van der Waals surface area contributed by atoms with Gasteiger partial charge in [0.05, 0.1) is 12.1 Å².